The molecule has 0 bridgehead atoms. The van der Waals surface area contributed by atoms with Crippen molar-refractivity contribution >= 4 is 0 Å². The van der Waals surface area contributed by atoms with Crippen molar-refractivity contribution in [1.29, 1.82) is 0 Å². The molecule has 0 aromatic carbocycles. The van der Waals surface area contributed by atoms with Crippen molar-refractivity contribution in [2.24, 2.45) is 12.8 Å². The summed E-state index contributed by atoms with van der Waals surface area (Å²) in [6, 6.07) is 0.138. The molecule has 2 N–H and O–H groups in total. The second-order valence-corrected chi connectivity index (χ2v) is 3.22. The Morgan fingerprint density at radius 3 is 2.42 bits per heavy atom. The molecular formula is C9H17N3. The van der Waals surface area contributed by atoms with E-state index in [1.807, 2.05) is 18.7 Å². The van der Waals surface area contributed by atoms with E-state index >= 15 is 0 Å². The maximum atomic E-state index is 5.96. The van der Waals surface area contributed by atoms with Crippen molar-refractivity contribution in [3.05, 3.63) is 17.0 Å². The van der Waals surface area contributed by atoms with Crippen LogP contribution in [0.15, 0.2) is 0 Å². The third-order valence-corrected chi connectivity index (χ3v) is 2.38. The van der Waals surface area contributed by atoms with E-state index in [0.717, 1.165) is 12.1 Å². The molecule has 1 heterocycles. The summed E-state index contributed by atoms with van der Waals surface area (Å²) in [6.07, 6.45) is 0.966. The van der Waals surface area contributed by atoms with Crippen LogP contribution >= 0.6 is 0 Å². The Bertz CT molecular complexity index is 276. The number of aryl methyl sites for hydroxylation is 2. The average molecular weight is 167 g/mol. The second-order valence-electron chi connectivity index (χ2n) is 3.22. The van der Waals surface area contributed by atoms with Crippen molar-refractivity contribution < 1.29 is 0 Å². The first-order chi connectivity index (χ1) is 5.57. The maximum absolute atomic E-state index is 5.96. The molecule has 3 nitrogen and oxygen atoms in total. The molecule has 0 aliphatic carbocycles. The van der Waals surface area contributed by atoms with Crippen LogP contribution in [0.1, 0.15) is 36.3 Å². The van der Waals surface area contributed by atoms with Gasteiger partial charge in [0.05, 0.1) is 5.69 Å². The third-order valence-electron chi connectivity index (χ3n) is 2.38. The highest BCUT2D eigenvalue weighted by atomic mass is 15.3. The fraction of sp³-hybridized carbons (Fsp3) is 0.667. The number of hydrogen-bond donors (Lipinski definition) is 1. The lowest BCUT2D eigenvalue weighted by Gasteiger charge is -2.08. The van der Waals surface area contributed by atoms with Crippen LogP contribution in [-0.2, 0) is 7.05 Å². The topological polar surface area (TPSA) is 43.8 Å². The lowest BCUT2D eigenvalue weighted by atomic mass is 10.0. The van der Waals surface area contributed by atoms with E-state index in [9.17, 15) is 0 Å². The molecule has 68 valence electrons. The van der Waals surface area contributed by atoms with Crippen molar-refractivity contribution in [2.45, 2.75) is 33.2 Å². The molecule has 0 radical (unpaired) electrons. The van der Waals surface area contributed by atoms with Gasteiger partial charge in [-0.05, 0) is 20.3 Å². The smallest absolute Gasteiger partial charge is 0.0644 e. The minimum Gasteiger partial charge on any atom is -0.324 e. The normalized spacial score (nSPS) is 13.4. The first-order valence-electron chi connectivity index (χ1n) is 4.33. The zero-order chi connectivity index (χ0) is 9.30. The van der Waals surface area contributed by atoms with Crippen LogP contribution in [0.25, 0.3) is 0 Å². The minimum absolute atomic E-state index is 0.138. The Morgan fingerprint density at radius 2 is 2.08 bits per heavy atom. The molecule has 12 heavy (non-hydrogen) atoms. The van der Waals surface area contributed by atoms with Crippen LogP contribution in [0, 0.1) is 13.8 Å². The van der Waals surface area contributed by atoms with Crippen molar-refractivity contribution in [3.8, 4) is 0 Å². The SMILES string of the molecule is CCC(N)c1c(C)nn(C)c1C. The van der Waals surface area contributed by atoms with Crippen LogP contribution in [0.4, 0.5) is 0 Å². The monoisotopic (exact) mass is 167 g/mol. The van der Waals surface area contributed by atoms with Crippen LogP contribution in [0.3, 0.4) is 0 Å². The van der Waals surface area contributed by atoms with Gasteiger partial charge in [0, 0.05) is 24.3 Å². The highest BCUT2D eigenvalue weighted by molar-refractivity contribution is 5.27. The van der Waals surface area contributed by atoms with E-state index in [1.54, 1.807) is 0 Å². The highest BCUT2D eigenvalue weighted by Gasteiger charge is 2.14. The Balaban J connectivity index is 3.13. The Kier molecular flexibility index (Phi) is 2.52. The maximum Gasteiger partial charge on any atom is 0.0644 e. The van der Waals surface area contributed by atoms with Crippen molar-refractivity contribution in [2.75, 3.05) is 0 Å². The predicted octanol–water partition coefficient (Wildman–Crippen LogP) is 1.45. The van der Waals surface area contributed by atoms with Gasteiger partial charge in [-0.3, -0.25) is 4.68 Å². The molecule has 0 spiro atoms. The largest absolute Gasteiger partial charge is 0.324 e. The van der Waals surface area contributed by atoms with Gasteiger partial charge in [0.25, 0.3) is 0 Å². The van der Waals surface area contributed by atoms with Gasteiger partial charge in [0.2, 0.25) is 0 Å². The molecule has 0 aliphatic rings. The molecule has 1 unspecified atom stereocenters. The Hall–Kier alpha value is -0.830. The van der Waals surface area contributed by atoms with Gasteiger partial charge in [-0.2, -0.15) is 5.10 Å². The Labute approximate surface area is 73.6 Å². The zero-order valence-corrected chi connectivity index (χ0v) is 8.26. The van der Waals surface area contributed by atoms with Gasteiger partial charge in [0.1, 0.15) is 0 Å². The van der Waals surface area contributed by atoms with E-state index < -0.39 is 0 Å². The first-order valence-corrected chi connectivity index (χ1v) is 4.33. The van der Waals surface area contributed by atoms with E-state index in [2.05, 4.69) is 18.9 Å². The molecule has 0 amide bonds. The van der Waals surface area contributed by atoms with Crippen molar-refractivity contribution in [3.63, 3.8) is 0 Å². The zero-order valence-electron chi connectivity index (χ0n) is 8.26. The molecule has 0 fully saturated rings. The third kappa shape index (κ3) is 1.37. The number of aromatic nitrogens is 2. The van der Waals surface area contributed by atoms with E-state index in [0.29, 0.717) is 0 Å². The summed E-state index contributed by atoms with van der Waals surface area (Å²) in [5.74, 6) is 0. The van der Waals surface area contributed by atoms with Crippen LogP contribution in [0.2, 0.25) is 0 Å². The van der Waals surface area contributed by atoms with Crippen LogP contribution < -0.4 is 5.73 Å². The number of hydrogen-bond acceptors (Lipinski definition) is 2. The Morgan fingerprint density at radius 1 is 1.50 bits per heavy atom. The molecule has 3 heteroatoms. The summed E-state index contributed by atoms with van der Waals surface area (Å²) < 4.78 is 1.89. The summed E-state index contributed by atoms with van der Waals surface area (Å²) in [4.78, 5) is 0. The van der Waals surface area contributed by atoms with Crippen LogP contribution in [0.5, 0.6) is 0 Å². The summed E-state index contributed by atoms with van der Waals surface area (Å²) in [7, 11) is 1.95. The predicted molar refractivity (Wildman–Crippen MR) is 49.9 cm³/mol. The standard InChI is InChI=1S/C9H17N3/c1-5-8(10)9-6(2)11-12(4)7(9)3/h8H,5,10H2,1-4H3. The van der Waals surface area contributed by atoms with Crippen molar-refractivity contribution in [1.82, 2.24) is 9.78 Å². The van der Waals surface area contributed by atoms with Gasteiger partial charge in [0.15, 0.2) is 0 Å². The summed E-state index contributed by atoms with van der Waals surface area (Å²) in [5, 5.41) is 4.32. The summed E-state index contributed by atoms with van der Waals surface area (Å²) in [6.45, 7) is 6.17. The van der Waals surface area contributed by atoms with Gasteiger partial charge in [-0.25, -0.2) is 0 Å². The van der Waals surface area contributed by atoms with Crippen LogP contribution in [-0.4, -0.2) is 9.78 Å². The van der Waals surface area contributed by atoms with Gasteiger partial charge < -0.3 is 5.73 Å². The minimum atomic E-state index is 0.138. The lowest BCUT2D eigenvalue weighted by Crippen LogP contribution is -2.10. The number of nitrogens with zero attached hydrogens (tertiary/aromatic N) is 2. The van der Waals surface area contributed by atoms with E-state index in [-0.39, 0.29) is 6.04 Å². The molecule has 0 saturated heterocycles. The fourth-order valence-electron chi connectivity index (χ4n) is 1.53. The quantitative estimate of drug-likeness (QED) is 0.724. The molecule has 0 aliphatic heterocycles. The van der Waals surface area contributed by atoms with Gasteiger partial charge >= 0.3 is 0 Å². The second kappa shape index (κ2) is 3.27. The number of rotatable bonds is 2. The number of nitrogens with two attached hydrogens (primary N) is 1. The molecule has 1 aromatic heterocycles. The molecule has 1 rings (SSSR count). The highest BCUT2D eigenvalue weighted by Crippen LogP contribution is 2.20. The van der Waals surface area contributed by atoms with E-state index in [1.165, 1.54) is 11.3 Å². The summed E-state index contributed by atoms with van der Waals surface area (Å²) in [5.41, 5.74) is 9.41. The average Bonchev–Trinajstić information content (AvgIpc) is 2.26. The van der Waals surface area contributed by atoms with Gasteiger partial charge in [-0.15, -0.1) is 0 Å². The van der Waals surface area contributed by atoms with Gasteiger partial charge in [-0.1, -0.05) is 6.92 Å². The fourth-order valence-corrected chi connectivity index (χ4v) is 1.53. The first kappa shape index (κ1) is 9.26. The molecular weight excluding hydrogens is 150 g/mol. The molecule has 0 saturated carbocycles. The molecule has 1 atom stereocenters. The van der Waals surface area contributed by atoms with E-state index in [4.69, 9.17) is 5.73 Å². The lowest BCUT2D eigenvalue weighted by molar-refractivity contribution is 0.683. The summed E-state index contributed by atoms with van der Waals surface area (Å²) >= 11 is 0. The molecule has 1 aromatic rings.